The van der Waals surface area contributed by atoms with Gasteiger partial charge in [0.05, 0.1) is 17.5 Å². The Balaban J connectivity index is 1.30. The standard InChI is InChI=1S/C30H31FN6O3/c1-17(2)10-25(35(3)27(38)18-11-19-15-37(20-8-9-20)34-26(19)23(31)12-18)28(39)36-16-30(13-21(36)14-32)22-6-4-5-7-24(22)33-29(30)40/h4-7,11-12,15,17,20-21,25H,8-10,13,16H2,1-3H3,(H,33,40)/t21-,25-,30-/m0/s1. The molecule has 0 bridgehead atoms. The maximum Gasteiger partial charge on any atom is 0.254 e. The van der Waals surface area contributed by atoms with Crippen LogP contribution in [0, 0.1) is 23.1 Å². The summed E-state index contributed by atoms with van der Waals surface area (Å²) in [6.45, 7) is 3.94. The van der Waals surface area contributed by atoms with E-state index in [2.05, 4.69) is 16.5 Å². The Morgan fingerprint density at radius 3 is 2.73 bits per heavy atom. The number of benzene rings is 2. The van der Waals surface area contributed by atoms with Crippen LogP contribution in [0.15, 0.2) is 42.6 Å². The van der Waals surface area contributed by atoms with E-state index in [0.717, 1.165) is 18.4 Å². The highest BCUT2D eigenvalue weighted by molar-refractivity contribution is 6.07. The molecular formula is C30H31FN6O3. The Morgan fingerprint density at radius 1 is 1.27 bits per heavy atom. The van der Waals surface area contributed by atoms with Gasteiger partial charge in [0.1, 0.15) is 17.6 Å². The summed E-state index contributed by atoms with van der Waals surface area (Å²) >= 11 is 0. The number of anilines is 1. The second-order valence-corrected chi connectivity index (χ2v) is 11.7. The van der Waals surface area contributed by atoms with Crippen molar-refractivity contribution in [3.63, 3.8) is 0 Å². The van der Waals surface area contributed by atoms with Gasteiger partial charge < -0.3 is 15.1 Å². The van der Waals surface area contributed by atoms with Crippen molar-refractivity contribution >= 4 is 34.3 Å². The van der Waals surface area contributed by atoms with E-state index in [0.29, 0.717) is 17.5 Å². The second-order valence-electron chi connectivity index (χ2n) is 11.7. The van der Waals surface area contributed by atoms with Gasteiger partial charge in [0.25, 0.3) is 5.91 Å². The first-order chi connectivity index (χ1) is 19.1. The predicted octanol–water partition coefficient (Wildman–Crippen LogP) is 4.01. The van der Waals surface area contributed by atoms with Gasteiger partial charge in [-0.15, -0.1) is 0 Å². The van der Waals surface area contributed by atoms with Crippen molar-refractivity contribution in [3.05, 3.63) is 59.5 Å². The summed E-state index contributed by atoms with van der Waals surface area (Å²) in [5.74, 6) is -1.66. The summed E-state index contributed by atoms with van der Waals surface area (Å²) in [5, 5.41) is 17.8. The number of rotatable bonds is 6. The molecule has 3 aliphatic rings. The largest absolute Gasteiger partial charge is 0.330 e. The molecule has 2 aromatic carbocycles. The molecule has 9 nitrogen and oxygen atoms in total. The number of likely N-dealkylation sites (N-methyl/N-ethyl adjacent to an activating group) is 1. The molecule has 1 saturated heterocycles. The Hall–Kier alpha value is -4.26. The molecular weight excluding hydrogens is 511 g/mol. The van der Waals surface area contributed by atoms with Gasteiger partial charge in [0.2, 0.25) is 11.8 Å². The molecule has 1 saturated carbocycles. The molecule has 206 valence electrons. The SMILES string of the molecule is CC(C)C[C@@H](C(=O)N1C[C@]2(C[C@H]1C#N)C(=O)Nc1ccccc12)N(C)C(=O)c1cc(F)c2nn(C3CC3)cc2c1. The van der Waals surface area contributed by atoms with Gasteiger partial charge in [0, 0.05) is 42.8 Å². The molecule has 0 unspecified atom stereocenters. The van der Waals surface area contributed by atoms with Crippen LogP contribution < -0.4 is 5.32 Å². The predicted molar refractivity (Wildman–Crippen MR) is 146 cm³/mol. The molecule has 1 spiro atoms. The maximum absolute atomic E-state index is 15.0. The minimum absolute atomic E-state index is 0.0461. The van der Waals surface area contributed by atoms with E-state index in [9.17, 15) is 19.6 Å². The molecule has 0 radical (unpaired) electrons. The van der Waals surface area contributed by atoms with Crippen molar-refractivity contribution in [2.75, 3.05) is 18.9 Å². The fourth-order valence-corrected chi connectivity index (χ4v) is 6.15. The molecule has 6 rings (SSSR count). The first-order valence-corrected chi connectivity index (χ1v) is 13.7. The van der Waals surface area contributed by atoms with Crippen molar-refractivity contribution in [1.29, 1.82) is 5.26 Å². The molecule has 2 fully saturated rings. The van der Waals surface area contributed by atoms with E-state index >= 15 is 4.39 Å². The smallest absolute Gasteiger partial charge is 0.254 e. The topological polar surface area (TPSA) is 111 Å². The Kier molecular flexibility index (Phi) is 6.13. The maximum atomic E-state index is 15.0. The Labute approximate surface area is 231 Å². The zero-order valence-corrected chi connectivity index (χ0v) is 22.7. The summed E-state index contributed by atoms with van der Waals surface area (Å²) in [6, 6.07) is 10.9. The fourth-order valence-electron chi connectivity index (χ4n) is 6.15. The number of aromatic nitrogens is 2. The quantitative estimate of drug-likeness (QED) is 0.506. The summed E-state index contributed by atoms with van der Waals surface area (Å²) in [7, 11) is 1.54. The summed E-state index contributed by atoms with van der Waals surface area (Å²) in [5.41, 5.74) is 0.786. The average Bonchev–Trinajstić information content (AvgIpc) is 3.47. The molecule has 10 heteroatoms. The van der Waals surface area contributed by atoms with Crippen LogP contribution in [0.25, 0.3) is 10.9 Å². The average molecular weight is 543 g/mol. The molecule has 3 amide bonds. The van der Waals surface area contributed by atoms with Crippen molar-refractivity contribution in [1.82, 2.24) is 19.6 Å². The number of halogens is 1. The molecule has 1 aromatic heterocycles. The molecule has 1 aliphatic carbocycles. The highest BCUT2D eigenvalue weighted by atomic mass is 19.1. The molecule has 1 N–H and O–H groups in total. The lowest BCUT2D eigenvalue weighted by atomic mass is 9.80. The zero-order valence-electron chi connectivity index (χ0n) is 22.7. The number of amides is 3. The Bertz CT molecular complexity index is 1590. The van der Waals surface area contributed by atoms with Gasteiger partial charge in [0.15, 0.2) is 5.82 Å². The fraction of sp³-hybridized carbons (Fsp3) is 0.433. The monoisotopic (exact) mass is 542 g/mol. The van der Waals surface area contributed by atoms with Gasteiger partial charge in [-0.1, -0.05) is 32.0 Å². The molecule has 2 aliphatic heterocycles. The minimum Gasteiger partial charge on any atom is -0.330 e. The minimum atomic E-state index is -1.02. The highest BCUT2D eigenvalue weighted by Crippen LogP contribution is 2.46. The zero-order chi connectivity index (χ0) is 28.3. The van der Waals surface area contributed by atoms with Crippen LogP contribution in [0.1, 0.15) is 61.5 Å². The summed E-state index contributed by atoms with van der Waals surface area (Å²) in [4.78, 5) is 43.8. The van der Waals surface area contributed by atoms with Gasteiger partial charge in [-0.3, -0.25) is 19.1 Å². The summed E-state index contributed by atoms with van der Waals surface area (Å²) in [6.07, 6.45) is 4.28. The number of fused-ring (bicyclic) bond motifs is 3. The van der Waals surface area contributed by atoms with E-state index in [-0.39, 0.29) is 41.9 Å². The van der Waals surface area contributed by atoms with Gasteiger partial charge in [-0.05, 0) is 48.9 Å². The molecule has 40 heavy (non-hydrogen) atoms. The lowest BCUT2D eigenvalue weighted by Gasteiger charge is -2.33. The Morgan fingerprint density at radius 2 is 2.02 bits per heavy atom. The number of carbonyl (C=O) groups excluding carboxylic acids is 3. The summed E-state index contributed by atoms with van der Waals surface area (Å²) < 4.78 is 16.8. The highest BCUT2D eigenvalue weighted by Gasteiger charge is 2.56. The van der Waals surface area contributed by atoms with Crippen LogP contribution in [-0.4, -0.2) is 63.0 Å². The number of nitriles is 1. The molecule has 3 aromatic rings. The normalized spacial score (nSPS) is 22.4. The first kappa shape index (κ1) is 26.0. The third kappa shape index (κ3) is 4.12. The van der Waals surface area contributed by atoms with E-state index in [4.69, 9.17) is 0 Å². The third-order valence-corrected chi connectivity index (χ3v) is 8.43. The first-order valence-electron chi connectivity index (χ1n) is 13.7. The number of nitrogens with zero attached hydrogens (tertiary/aromatic N) is 5. The number of carbonyl (C=O) groups is 3. The number of likely N-dealkylation sites (tertiary alicyclic amines) is 1. The number of nitrogens with one attached hydrogen (secondary N) is 1. The van der Waals surface area contributed by atoms with Crippen molar-refractivity contribution in [2.24, 2.45) is 5.92 Å². The second kappa shape index (κ2) is 9.44. The van der Waals surface area contributed by atoms with Crippen LogP contribution in [0.5, 0.6) is 0 Å². The van der Waals surface area contributed by atoms with E-state index in [1.165, 1.54) is 22.9 Å². The van der Waals surface area contributed by atoms with E-state index in [1.807, 2.05) is 38.1 Å². The van der Waals surface area contributed by atoms with Crippen molar-refractivity contribution in [2.45, 2.75) is 63.1 Å². The lowest BCUT2D eigenvalue weighted by molar-refractivity contribution is -0.136. The van der Waals surface area contributed by atoms with Gasteiger partial charge >= 0.3 is 0 Å². The number of hydrogen-bond acceptors (Lipinski definition) is 5. The van der Waals surface area contributed by atoms with Crippen LogP contribution >= 0.6 is 0 Å². The van der Waals surface area contributed by atoms with E-state index < -0.39 is 35.1 Å². The van der Waals surface area contributed by atoms with Crippen molar-refractivity contribution < 1.29 is 18.8 Å². The number of para-hydroxylation sites is 1. The third-order valence-electron chi connectivity index (χ3n) is 8.43. The van der Waals surface area contributed by atoms with Crippen molar-refractivity contribution in [3.8, 4) is 6.07 Å². The lowest BCUT2D eigenvalue weighted by Crippen LogP contribution is -2.52. The van der Waals surface area contributed by atoms with Crippen LogP contribution in [0.2, 0.25) is 0 Å². The van der Waals surface area contributed by atoms with Gasteiger partial charge in [-0.2, -0.15) is 10.4 Å². The van der Waals surface area contributed by atoms with Gasteiger partial charge in [-0.25, -0.2) is 4.39 Å². The van der Waals surface area contributed by atoms with Crippen LogP contribution in [0.3, 0.4) is 0 Å². The molecule has 3 atom stereocenters. The van der Waals surface area contributed by atoms with Crippen LogP contribution in [0.4, 0.5) is 10.1 Å². The van der Waals surface area contributed by atoms with Crippen LogP contribution in [-0.2, 0) is 15.0 Å². The number of hydrogen-bond donors (Lipinski definition) is 1. The van der Waals surface area contributed by atoms with E-state index in [1.54, 1.807) is 16.9 Å². The molecule has 3 heterocycles.